The molecule has 1 fully saturated rings. The molecule has 2 nitrogen and oxygen atoms in total. The Morgan fingerprint density at radius 2 is 2.13 bits per heavy atom. The van der Waals surface area contributed by atoms with Crippen LogP contribution in [0.25, 0.3) is 0 Å². The second-order valence-corrected chi connectivity index (χ2v) is 6.31. The zero-order valence-corrected chi connectivity index (χ0v) is 10.8. The van der Waals surface area contributed by atoms with Crippen molar-refractivity contribution in [3.63, 3.8) is 0 Å². The molecule has 0 amide bonds. The molecule has 0 radical (unpaired) electrons. The summed E-state index contributed by atoms with van der Waals surface area (Å²) in [7, 11) is 0. The van der Waals surface area contributed by atoms with Gasteiger partial charge in [-0.25, -0.2) is 0 Å². The Bertz CT molecular complexity index is 175. The lowest BCUT2D eigenvalue weighted by atomic mass is 9.79. The van der Waals surface area contributed by atoms with Gasteiger partial charge in [0.25, 0.3) is 0 Å². The van der Waals surface area contributed by atoms with Crippen molar-refractivity contribution in [3.8, 4) is 0 Å². The molecule has 3 N–H and O–H groups in total. The Kier molecular flexibility index (Phi) is 6.02. The first-order valence-electron chi connectivity index (χ1n) is 6.13. The van der Waals surface area contributed by atoms with E-state index in [1.165, 1.54) is 19.3 Å². The molecule has 0 saturated heterocycles. The SMILES string of the molecule is CC(C)C1CCC(N)C(SCCCO)C1. The number of aliphatic hydroxyl groups excluding tert-OH is 1. The number of aliphatic hydroxyl groups is 1. The van der Waals surface area contributed by atoms with Crippen molar-refractivity contribution >= 4 is 11.8 Å². The fourth-order valence-corrected chi connectivity index (χ4v) is 3.64. The van der Waals surface area contributed by atoms with Gasteiger partial charge in [0.15, 0.2) is 0 Å². The molecule has 1 aliphatic rings. The molecule has 90 valence electrons. The van der Waals surface area contributed by atoms with Crippen LogP contribution in [0.3, 0.4) is 0 Å². The molecule has 0 aromatic heterocycles. The van der Waals surface area contributed by atoms with Gasteiger partial charge in [0.05, 0.1) is 0 Å². The van der Waals surface area contributed by atoms with Gasteiger partial charge in [0, 0.05) is 17.9 Å². The van der Waals surface area contributed by atoms with E-state index in [-0.39, 0.29) is 0 Å². The van der Waals surface area contributed by atoms with Crippen LogP contribution in [-0.4, -0.2) is 28.8 Å². The predicted octanol–water partition coefficient (Wildman–Crippen LogP) is 2.25. The zero-order valence-electron chi connectivity index (χ0n) is 9.98. The van der Waals surface area contributed by atoms with E-state index in [9.17, 15) is 0 Å². The Labute approximate surface area is 98.0 Å². The van der Waals surface area contributed by atoms with Gasteiger partial charge in [0.1, 0.15) is 0 Å². The van der Waals surface area contributed by atoms with E-state index in [2.05, 4.69) is 13.8 Å². The van der Waals surface area contributed by atoms with Crippen molar-refractivity contribution in [2.75, 3.05) is 12.4 Å². The molecule has 1 saturated carbocycles. The third-order valence-electron chi connectivity index (χ3n) is 3.46. The molecular weight excluding hydrogens is 206 g/mol. The lowest BCUT2D eigenvalue weighted by Gasteiger charge is -2.35. The smallest absolute Gasteiger partial charge is 0.0438 e. The van der Waals surface area contributed by atoms with Gasteiger partial charge < -0.3 is 10.8 Å². The van der Waals surface area contributed by atoms with Gasteiger partial charge in [-0.1, -0.05) is 13.8 Å². The van der Waals surface area contributed by atoms with Gasteiger partial charge in [0.2, 0.25) is 0 Å². The summed E-state index contributed by atoms with van der Waals surface area (Å²) < 4.78 is 0. The normalized spacial score (nSPS) is 32.2. The summed E-state index contributed by atoms with van der Waals surface area (Å²) in [5.41, 5.74) is 6.14. The number of rotatable bonds is 5. The lowest BCUT2D eigenvalue weighted by molar-refractivity contribution is 0.265. The van der Waals surface area contributed by atoms with Crippen LogP contribution in [0.1, 0.15) is 39.5 Å². The van der Waals surface area contributed by atoms with E-state index in [1.54, 1.807) is 0 Å². The first-order chi connectivity index (χ1) is 7.15. The highest BCUT2D eigenvalue weighted by Gasteiger charge is 2.29. The van der Waals surface area contributed by atoms with Gasteiger partial charge in [-0.15, -0.1) is 0 Å². The highest BCUT2D eigenvalue weighted by molar-refractivity contribution is 7.99. The highest BCUT2D eigenvalue weighted by atomic mass is 32.2. The van der Waals surface area contributed by atoms with Gasteiger partial charge in [-0.05, 0) is 43.3 Å². The maximum absolute atomic E-state index is 8.76. The number of hydrogen-bond donors (Lipinski definition) is 2. The molecule has 0 bridgehead atoms. The van der Waals surface area contributed by atoms with E-state index in [4.69, 9.17) is 10.8 Å². The van der Waals surface area contributed by atoms with Crippen LogP contribution < -0.4 is 5.73 Å². The van der Waals surface area contributed by atoms with Crippen LogP contribution in [0.2, 0.25) is 0 Å². The second kappa shape index (κ2) is 6.77. The molecule has 1 rings (SSSR count). The Morgan fingerprint density at radius 1 is 1.40 bits per heavy atom. The molecular formula is C12H25NOS. The molecule has 0 aliphatic heterocycles. The molecule has 0 aromatic rings. The quantitative estimate of drug-likeness (QED) is 0.713. The summed E-state index contributed by atoms with van der Waals surface area (Å²) in [5.74, 6) is 2.70. The first kappa shape index (κ1) is 13.3. The average Bonchev–Trinajstić information content (AvgIpc) is 2.20. The highest BCUT2D eigenvalue weighted by Crippen LogP contribution is 2.35. The second-order valence-electron chi connectivity index (χ2n) is 4.97. The molecule has 0 spiro atoms. The summed E-state index contributed by atoms with van der Waals surface area (Å²) in [6, 6.07) is 0.378. The van der Waals surface area contributed by atoms with E-state index in [1.807, 2.05) is 11.8 Å². The summed E-state index contributed by atoms with van der Waals surface area (Å²) in [6.45, 7) is 4.94. The topological polar surface area (TPSA) is 46.2 Å². The largest absolute Gasteiger partial charge is 0.396 e. The fourth-order valence-electron chi connectivity index (χ4n) is 2.28. The monoisotopic (exact) mass is 231 g/mol. The predicted molar refractivity (Wildman–Crippen MR) is 68.1 cm³/mol. The van der Waals surface area contributed by atoms with Gasteiger partial charge in [-0.2, -0.15) is 11.8 Å². The van der Waals surface area contributed by atoms with Crippen LogP contribution in [0.15, 0.2) is 0 Å². The van der Waals surface area contributed by atoms with Crippen molar-refractivity contribution in [2.45, 2.75) is 50.8 Å². The fraction of sp³-hybridized carbons (Fsp3) is 1.00. The van der Waals surface area contributed by atoms with Crippen LogP contribution in [-0.2, 0) is 0 Å². The molecule has 3 heteroatoms. The third kappa shape index (κ3) is 4.33. The van der Waals surface area contributed by atoms with Crippen molar-refractivity contribution in [3.05, 3.63) is 0 Å². The molecule has 3 unspecified atom stereocenters. The Morgan fingerprint density at radius 3 is 2.73 bits per heavy atom. The number of hydrogen-bond acceptors (Lipinski definition) is 3. The number of thioether (sulfide) groups is 1. The van der Waals surface area contributed by atoms with Gasteiger partial charge >= 0.3 is 0 Å². The van der Waals surface area contributed by atoms with Crippen molar-refractivity contribution in [1.82, 2.24) is 0 Å². The summed E-state index contributed by atoms with van der Waals surface area (Å²) in [6.07, 6.45) is 4.66. The lowest BCUT2D eigenvalue weighted by Crippen LogP contribution is -2.39. The van der Waals surface area contributed by atoms with Crippen LogP contribution in [0.4, 0.5) is 0 Å². The summed E-state index contributed by atoms with van der Waals surface area (Å²) >= 11 is 1.97. The molecule has 0 aromatic carbocycles. The Balaban J connectivity index is 2.32. The van der Waals surface area contributed by atoms with Crippen LogP contribution in [0.5, 0.6) is 0 Å². The minimum absolute atomic E-state index is 0.308. The molecule has 15 heavy (non-hydrogen) atoms. The first-order valence-corrected chi connectivity index (χ1v) is 7.18. The van der Waals surface area contributed by atoms with E-state index in [0.29, 0.717) is 17.9 Å². The maximum atomic E-state index is 8.76. The summed E-state index contributed by atoms with van der Waals surface area (Å²) in [5, 5.41) is 9.38. The van der Waals surface area contributed by atoms with Crippen LogP contribution >= 0.6 is 11.8 Å². The molecule has 0 heterocycles. The van der Waals surface area contributed by atoms with Gasteiger partial charge in [-0.3, -0.25) is 0 Å². The minimum Gasteiger partial charge on any atom is -0.396 e. The van der Waals surface area contributed by atoms with Crippen molar-refractivity contribution in [2.24, 2.45) is 17.6 Å². The Hall–Kier alpha value is 0.270. The molecule has 3 atom stereocenters. The maximum Gasteiger partial charge on any atom is 0.0438 e. The van der Waals surface area contributed by atoms with E-state index in [0.717, 1.165) is 24.0 Å². The average molecular weight is 231 g/mol. The van der Waals surface area contributed by atoms with E-state index >= 15 is 0 Å². The van der Waals surface area contributed by atoms with E-state index < -0.39 is 0 Å². The minimum atomic E-state index is 0.308. The summed E-state index contributed by atoms with van der Waals surface area (Å²) in [4.78, 5) is 0. The zero-order chi connectivity index (χ0) is 11.3. The van der Waals surface area contributed by atoms with Crippen molar-refractivity contribution < 1.29 is 5.11 Å². The van der Waals surface area contributed by atoms with Crippen molar-refractivity contribution in [1.29, 1.82) is 0 Å². The van der Waals surface area contributed by atoms with Crippen LogP contribution in [0, 0.1) is 11.8 Å². The number of nitrogens with two attached hydrogens (primary N) is 1. The third-order valence-corrected chi connectivity index (χ3v) is 4.96. The molecule has 1 aliphatic carbocycles. The standard InChI is InChI=1S/C12H25NOS/c1-9(2)10-4-5-11(13)12(8-10)15-7-3-6-14/h9-12,14H,3-8,13H2,1-2H3.